The van der Waals surface area contributed by atoms with Crippen molar-refractivity contribution in [2.45, 2.75) is 13.8 Å². The SMILES string of the molecule is Cc1cc(N)c(NC(=O)c2cc(Cl)ccc2O)cc1C. The van der Waals surface area contributed by atoms with E-state index in [1.54, 1.807) is 12.1 Å². The number of nitrogens with two attached hydrogens (primary N) is 1. The minimum atomic E-state index is -0.458. The summed E-state index contributed by atoms with van der Waals surface area (Å²) in [6.07, 6.45) is 0. The van der Waals surface area contributed by atoms with E-state index in [1.807, 2.05) is 13.8 Å². The summed E-state index contributed by atoms with van der Waals surface area (Å²) in [5, 5.41) is 12.8. The van der Waals surface area contributed by atoms with Gasteiger partial charge in [-0.25, -0.2) is 0 Å². The van der Waals surface area contributed by atoms with E-state index in [4.69, 9.17) is 17.3 Å². The molecule has 0 aliphatic heterocycles. The number of nitrogen functional groups attached to an aromatic ring is 1. The second kappa shape index (κ2) is 5.43. The first-order valence-corrected chi connectivity index (χ1v) is 6.43. The highest BCUT2D eigenvalue weighted by molar-refractivity contribution is 6.31. The van der Waals surface area contributed by atoms with E-state index in [0.717, 1.165) is 11.1 Å². The highest BCUT2D eigenvalue weighted by atomic mass is 35.5. The Morgan fingerprint density at radius 3 is 2.55 bits per heavy atom. The molecule has 20 heavy (non-hydrogen) atoms. The fourth-order valence-electron chi connectivity index (χ4n) is 1.83. The molecule has 0 saturated carbocycles. The van der Waals surface area contributed by atoms with Crippen molar-refractivity contribution in [3.05, 3.63) is 52.0 Å². The summed E-state index contributed by atoms with van der Waals surface area (Å²) in [6, 6.07) is 7.88. The Morgan fingerprint density at radius 2 is 1.85 bits per heavy atom. The van der Waals surface area contributed by atoms with Crippen molar-refractivity contribution in [1.82, 2.24) is 0 Å². The van der Waals surface area contributed by atoms with Gasteiger partial charge in [-0.15, -0.1) is 0 Å². The molecule has 0 spiro atoms. The molecule has 0 aliphatic rings. The Labute approximate surface area is 122 Å². The maximum Gasteiger partial charge on any atom is 0.259 e. The summed E-state index contributed by atoms with van der Waals surface area (Å²) in [5.41, 5.74) is 9.04. The highest BCUT2D eigenvalue weighted by Crippen LogP contribution is 2.26. The highest BCUT2D eigenvalue weighted by Gasteiger charge is 2.13. The van der Waals surface area contributed by atoms with Crippen molar-refractivity contribution in [3.63, 3.8) is 0 Å². The molecule has 0 saturated heterocycles. The standard InChI is InChI=1S/C15H15ClN2O2/c1-8-5-12(17)13(6-9(8)2)18-15(20)11-7-10(16)3-4-14(11)19/h3-7,19H,17H2,1-2H3,(H,18,20). The maximum absolute atomic E-state index is 12.2. The molecular weight excluding hydrogens is 276 g/mol. The molecule has 4 nitrogen and oxygen atoms in total. The van der Waals surface area contributed by atoms with Crippen LogP contribution in [0.4, 0.5) is 11.4 Å². The van der Waals surface area contributed by atoms with Crippen LogP contribution in [0.15, 0.2) is 30.3 Å². The number of rotatable bonds is 2. The molecule has 2 aromatic rings. The van der Waals surface area contributed by atoms with Gasteiger partial charge in [0.25, 0.3) is 5.91 Å². The van der Waals surface area contributed by atoms with E-state index in [2.05, 4.69) is 5.32 Å². The molecule has 2 rings (SSSR count). The third kappa shape index (κ3) is 2.86. The number of aryl methyl sites for hydroxylation is 2. The lowest BCUT2D eigenvalue weighted by atomic mass is 10.1. The third-order valence-electron chi connectivity index (χ3n) is 3.12. The predicted molar refractivity (Wildman–Crippen MR) is 81.4 cm³/mol. The quantitative estimate of drug-likeness (QED) is 0.741. The lowest BCUT2D eigenvalue weighted by molar-refractivity contribution is 0.102. The number of benzene rings is 2. The molecule has 104 valence electrons. The minimum Gasteiger partial charge on any atom is -0.507 e. The molecule has 4 N–H and O–H groups in total. The van der Waals surface area contributed by atoms with Crippen LogP contribution in [0, 0.1) is 13.8 Å². The number of anilines is 2. The predicted octanol–water partition coefficient (Wildman–Crippen LogP) is 3.50. The lowest BCUT2D eigenvalue weighted by Gasteiger charge is -2.12. The van der Waals surface area contributed by atoms with Gasteiger partial charge < -0.3 is 16.2 Å². The second-order valence-corrected chi connectivity index (χ2v) is 5.08. The Hall–Kier alpha value is -2.20. The van der Waals surface area contributed by atoms with E-state index in [0.29, 0.717) is 16.4 Å². The van der Waals surface area contributed by atoms with Crippen molar-refractivity contribution in [2.75, 3.05) is 11.1 Å². The van der Waals surface area contributed by atoms with Crippen LogP contribution in [-0.4, -0.2) is 11.0 Å². The zero-order valence-corrected chi connectivity index (χ0v) is 12.0. The van der Waals surface area contributed by atoms with Crippen LogP contribution >= 0.6 is 11.6 Å². The van der Waals surface area contributed by atoms with Crippen molar-refractivity contribution in [3.8, 4) is 5.75 Å². The van der Waals surface area contributed by atoms with Crippen LogP contribution in [-0.2, 0) is 0 Å². The van der Waals surface area contributed by atoms with Gasteiger partial charge in [0.1, 0.15) is 5.75 Å². The number of hydrogen-bond acceptors (Lipinski definition) is 3. The van der Waals surface area contributed by atoms with Gasteiger partial charge in [0.2, 0.25) is 0 Å². The van der Waals surface area contributed by atoms with Gasteiger partial charge >= 0.3 is 0 Å². The number of amides is 1. The molecular formula is C15H15ClN2O2. The van der Waals surface area contributed by atoms with Crippen LogP contribution in [0.5, 0.6) is 5.75 Å². The van der Waals surface area contributed by atoms with Gasteiger partial charge in [-0.3, -0.25) is 4.79 Å². The summed E-state index contributed by atoms with van der Waals surface area (Å²) >= 11 is 5.83. The molecule has 0 heterocycles. The van der Waals surface area contributed by atoms with Gasteiger partial charge in [-0.05, 0) is 55.3 Å². The van der Waals surface area contributed by atoms with Gasteiger partial charge in [-0.1, -0.05) is 11.6 Å². The number of carbonyl (C=O) groups excluding carboxylic acids is 1. The molecule has 2 aromatic carbocycles. The van der Waals surface area contributed by atoms with E-state index in [9.17, 15) is 9.90 Å². The van der Waals surface area contributed by atoms with Crippen LogP contribution < -0.4 is 11.1 Å². The Kier molecular flexibility index (Phi) is 3.86. The van der Waals surface area contributed by atoms with Gasteiger partial charge in [0.05, 0.1) is 16.9 Å². The summed E-state index contributed by atoms with van der Waals surface area (Å²) in [7, 11) is 0. The minimum absolute atomic E-state index is 0.107. The molecule has 5 heteroatoms. The van der Waals surface area contributed by atoms with E-state index < -0.39 is 5.91 Å². The second-order valence-electron chi connectivity index (χ2n) is 4.64. The molecule has 0 fully saturated rings. The van der Waals surface area contributed by atoms with Crippen LogP contribution in [0.1, 0.15) is 21.5 Å². The monoisotopic (exact) mass is 290 g/mol. The van der Waals surface area contributed by atoms with Crippen LogP contribution in [0.25, 0.3) is 0 Å². The first-order valence-electron chi connectivity index (χ1n) is 6.05. The van der Waals surface area contributed by atoms with Gasteiger partial charge in [-0.2, -0.15) is 0 Å². The van der Waals surface area contributed by atoms with E-state index >= 15 is 0 Å². The summed E-state index contributed by atoms with van der Waals surface area (Å²) < 4.78 is 0. The van der Waals surface area contributed by atoms with Crippen LogP contribution in [0.3, 0.4) is 0 Å². The number of phenols is 1. The third-order valence-corrected chi connectivity index (χ3v) is 3.35. The number of phenolic OH excluding ortho intramolecular Hbond substituents is 1. The van der Waals surface area contributed by atoms with Crippen LogP contribution in [0.2, 0.25) is 5.02 Å². The topological polar surface area (TPSA) is 75.3 Å². The summed E-state index contributed by atoms with van der Waals surface area (Å²) in [5.74, 6) is -0.589. The number of hydrogen-bond donors (Lipinski definition) is 3. The van der Waals surface area contributed by atoms with Crippen molar-refractivity contribution >= 4 is 28.9 Å². The maximum atomic E-state index is 12.2. The first kappa shape index (κ1) is 14.2. The van der Waals surface area contributed by atoms with Crippen molar-refractivity contribution < 1.29 is 9.90 Å². The smallest absolute Gasteiger partial charge is 0.259 e. The Bertz CT molecular complexity index is 684. The average molecular weight is 291 g/mol. The molecule has 0 radical (unpaired) electrons. The Balaban J connectivity index is 2.32. The molecule has 0 atom stereocenters. The zero-order valence-electron chi connectivity index (χ0n) is 11.2. The normalized spacial score (nSPS) is 10.3. The van der Waals surface area contributed by atoms with E-state index in [-0.39, 0.29) is 11.3 Å². The number of aromatic hydroxyl groups is 1. The number of halogens is 1. The fourth-order valence-corrected chi connectivity index (χ4v) is 2.00. The fraction of sp³-hybridized carbons (Fsp3) is 0.133. The molecule has 1 amide bonds. The van der Waals surface area contributed by atoms with Gasteiger partial charge in [0.15, 0.2) is 0 Å². The van der Waals surface area contributed by atoms with E-state index in [1.165, 1.54) is 18.2 Å². The number of carbonyl (C=O) groups is 1. The lowest BCUT2D eigenvalue weighted by Crippen LogP contribution is -2.13. The largest absolute Gasteiger partial charge is 0.507 e. The Morgan fingerprint density at radius 1 is 1.20 bits per heavy atom. The van der Waals surface area contributed by atoms with Crippen molar-refractivity contribution in [1.29, 1.82) is 0 Å². The molecule has 0 aromatic heterocycles. The first-order chi connectivity index (χ1) is 9.38. The molecule has 0 bridgehead atoms. The molecule has 0 aliphatic carbocycles. The van der Waals surface area contributed by atoms with Crippen molar-refractivity contribution in [2.24, 2.45) is 0 Å². The average Bonchev–Trinajstić information content (AvgIpc) is 2.38. The summed E-state index contributed by atoms with van der Waals surface area (Å²) in [4.78, 5) is 12.2. The summed E-state index contributed by atoms with van der Waals surface area (Å²) in [6.45, 7) is 3.88. The van der Waals surface area contributed by atoms with Gasteiger partial charge in [0, 0.05) is 5.02 Å². The zero-order chi connectivity index (χ0) is 14.9. The number of nitrogens with one attached hydrogen (secondary N) is 1. The molecule has 0 unspecified atom stereocenters.